The van der Waals surface area contributed by atoms with Gasteiger partial charge in [0.15, 0.2) is 5.79 Å². The standard InChI is InChI=1S/C34H46N2O3/c1-23(2)29-7-5-6-8-32(29)36-17-13-34(14-18-36)38-22-28(39-34)19-26-21-31(26)25-9-10-33(30(20-25)24(3)4)35-15-11-27(37)12-16-35/h5-10,20,23-24,26,28,31H,11-19,21-22H2,1-4H3/t26?,28?,31-/m1/s1. The van der Waals surface area contributed by atoms with Crippen molar-refractivity contribution in [1.82, 2.24) is 0 Å². The molecule has 5 nitrogen and oxygen atoms in total. The van der Waals surface area contributed by atoms with E-state index in [0.29, 0.717) is 42.3 Å². The average molecular weight is 531 g/mol. The second kappa shape index (κ2) is 10.9. The lowest BCUT2D eigenvalue weighted by molar-refractivity contribution is -0.181. The van der Waals surface area contributed by atoms with Crippen LogP contribution in [0.15, 0.2) is 42.5 Å². The predicted octanol–water partition coefficient (Wildman–Crippen LogP) is 7.01. The van der Waals surface area contributed by atoms with Crippen molar-refractivity contribution in [2.24, 2.45) is 5.92 Å². The molecule has 2 aromatic carbocycles. The maximum absolute atomic E-state index is 11.7. The number of Topliss-reactive ketones (excluding diaryl/α,β-unsaturated/α-hetero) is 1. The first kappa shape index (κ1) is 26.8. The number of benzene rings is 2. The van der Waals surface area contributed by atoms with Gasteiger partial charge in [-0.2, -0.15) is 0 Å². The number of piperidine rings is 2. The number of para-hydroxylation sites is 1. The lowest BCUT2D eigenvalue weighted by atomic mass is 9.94. The van der Waals surface area contributed by atoms with Crippen LogP contribution in [0.25, 0.3) is 0 Å². The van der Waals surface area contributed by atoms with Gasteiger partial charge in [0.25, 0.3) is 0 Å². The van der Waals surface area contributed by atoms with Crippen LogP contribution in [0.5, 0.6) is 0 Å². The normalized spacial score (nSPS) is 26.7. The molecule has 4 aliphatic rings. The molecule has 1 aliphatic carbocycles. The predicted molar refractivity (Wildman–Crippen MR) is 158 cm³/mol. The molecule has 0 amide bonds. The number of nitrogens with zero attached hydrogens (tertiary/aromatic N) is 2. The molecule has 0 N–H and O–H groups in total. The maximum Gasteiger partial charge on any atom is 0.172 e. The number of rotatable bonds is 7. The van der Waals surface area contributed by atoms with Crippen molar-refractivity contribution in [3.8, 4) is 0 Å². The topological polar surface area (TPSA) is 42.0 Å². The lowest BCUT2D eigenvalue weighted by Crippen LogP contribution is -2.45. The number of carbonyl (C=O) groups excluding carboxylic acids is 1. The fourth-order valence-electron chi connectivity index (χ4n) is 7.15. The highest BCUT2D eigenvalue weighted by atomic mass is 16.7. The number of hydrogen-bond acceptors (Lipinski definition) is 5. The molecule has 3 heterocycles. The highest BCUT2D eigenvalue weighted by Crippen LogP contribution is 2.52. The average Bonchev–Trinajstić information content (AvgIpc) is 3.60. The summed E-state index contributed by atoms with van der Waals surface area (Å²) < 4.78 is 13.1. The van der Waals surface area contributed by atoms with E-state index in [4.69, 9.17) is 9.47 Å². The van der Waals surface area contributed by atoms with Crippen molar-refractivity contribution in [1.29, 1.82) is 0 Å². The molecular weight excluding hydrogens is 484 g/mol. The second-order valence-corrected chi connectivity index (χ2v) is 13.0. The summed E-state index contributed by atoms with van der Waals surface area (Å²) in [5, 5.41) is 0. The Morgan fingerprint density at radius 2 is 1.54 bits per heavy atom. The first-order chi connectivity index (χ1) is 18.8. The highest BCUT2D eigenvalue weighted by molar-refractivity contribution is 5.81. The van der Waals surface area contributed by atoms with E-state index < -0.39 is 0 Å². The van der Waals surface area contributed by atoms with E-state index in [9.17, 15) is 4.79 Å². The number of hydrogen-bond donors (Lipinski definition) is 0. The van der Waals surface area contributed by atoms with Crippen LogP contribution in [0, 0.1) is 5.92 Å². The third kappa shape index (κ3) is 5.63. The zero-order chi connectivity index (χ0) is 27.1. The van der Waals surface area contributed by atoms with E-state index in [-0.39, 0.29) is 11.9 Å². The van der Waals surface area contributed by atoms with E-state index in [0.717, 1.165) is 52.0 Å². The van der Waals surface area contributed by atoms with Crippen molar-refractivity contribution in [2.45, 2.75) is 95.9 Å². The van der Waals surface area contributed by atoms with E-state index in [2.05, 4.69) is 80.0 Å². The summed E-state index contributed by atoms with van der Waals surface area (Å²) in [4.78, 5) is 16.7. The third-order valence-corrected chi connectivity index (χ3v) is 9.59. The largest absolute Gasteiger partial charge is 0.371 e. The molecule has 0 radical (unpaired) electrons. The van der Waals surface area contributed by atoms with Crippen LogP contribution in [0.2, 0.25) is 0 Å². The second-order valence-electron chi connectivity index (χ2n) is 13.0. The third-order valence-electron chi connectivity index (χ3n) is 9.59. The lowest BCUT2D eigenvalue weighted by Gasteiger charge is -2.40. The van der Waals surface area contributed by atoms with Gasteiger partial charge in [-0.25, -0.2) is 0 Å². The Morgan fingerprint density at radius 3 is 2.26 bits per heavy atom. The van der Waals surface area contributed by atoms with Crippen LogP contribution in [0.4, 0.5) is 11.4 Å². The summed E-state index contributed by atoms with van der Waals surface area (Å²) in [6.07, 6.45) is 5.79. The molecule has 3 atom stereocenters. The summed E-state index contributed by atoms with van der Waals surface area (Å²) in [7, 11) is 0. The van der Waals surface area contributed by atoms with Gasteiger partial charge < -0.3 is 19.3 Å². The minimum absolute atomic E-state index is 0.212. The number of ether oxygens (including phenoxy) is 2. The highest BCUT2D eigenvalue weighted by Gasteiger charge is 2.47. The summed E-state index contributed by atoms with van der Waals surface area (Å²) >= 11 is 0. The van der Waals surface area contributed by atoms with E-state index >= 15 is 0 Å². The fourth-order valence-corrected chi connectivity index (χ4v) is 7.15. The van der Waals surface area contributed by atoms with Crippen LogP contribution in [-0.4, -0.2) is 50.5 Å². The van der Waals surface area contributed by atoms with Crippen molar-refractivity contribution < 1.29 is 14.3 Å². The summed E-state index contributed by atoms with van der Waals surface area (Å²) in [5.74, 6) is 2.33. The molecule has 0 aromatic heterocycles. The van der Waals surface area contributed by atoms with Gasteiger partial charge in [0.05, 0.1) is 12.7 Å². The number of carbonyl (C=O) groups is 1. The van der Waals surface area contributed by atoms with Gasteiger partial charge in [-0.15, -0.1) is 0 Å². The Bertz CT molecular complexity index is 1170. The monoisotopic (exact) mass is 530 g/mol. The van der Waals surface area contributed by atoms with Crippen molar-refractivity contribution in [2.75, 3.05) is 42.6 Å². The molecule has 2 unspecified atom stereocenters. The van der Waals surface area contributed by atoms with Gasteiger partial charge in [0, 0.05) is 63.2 Å². The van der Waals surface area contributed by atoms with Crippen LogP contribution in [0.1, 0.15) is 101 Å². The molecule has 6 rings (SSSR count). The molecule has 2 aromatic rings. The zero-order valence-corrected chi connectivity index (χ0v) is 24.3. The van der Waals surface area contributed by atoms with Crippen LogP contribution in [-0.2, 0) is 14.3 Å². The first-order valence-corrected chi connectivity index (χ1v) is 15.4. The Balaban J connectivity index is 1.04. The van der Waals surface area contributed by atoms with Crippen molar-refractivity contribution in [3.63, 3.8) is 0 Å². The minimum Gasteiger partial charge on any atom is -0.371 e. The van der Waals surface area contributed by atoms with E-state index in [1.807, 2.05) is 0 Å². The van der Waals surface area contributed by atoms with Gasteiger partial charge in [0.2, 0.25) is 0 Å². The fraction of sp³-hybridized carbons (Fsp3) is 0.618. The van der Waals surface area contributed by atoms with Gasteiger partial charge in [-0.1, -0.05) is 58.0 Å². The van der Waals surface area contributed by atoms with Gasteiger partial charge >= 0.3 is 0 Å². The molecule has 210 valence electrons. The maximum atomic E-state index is 11.7. The molecule has 1 spiro atoms. The quantitative estimate of drug-likeness (QED) is 0.385. The van der Waals surface area contributed by atoms with Gasteiger partial charge in [0.1, 0.15) is 5.78 Å². The van der Waals surface area contributed by atoms with Crippen LogP contribution >= 0.6 is 0 Å². The molecule has 3 saturated heterocycles. The smallest absolute Gasteiger partial charge is 0.172 e. The van der Waals surface area contributed by atoms with Crippen LogP contribution < -0.4 is 9.80 Å². The molecule has 0 bridgehead atoms. The number of ketones is 1. The zero-order valence-electron chi connectivity index (χ0n) is 24.3. The molecule has 3 aliphatic heterocycles. The molecule has 5 heteroatoms. The van der Waals surface area contributed by atoms with Gasteiger partial charge in [-0.05, 0) is 65.3 Å². The molecular formula is C34H46N2O3. The van der Waals surface area contributed by atoms with Gasteiger partial charge in [-0.3, -0.25) is 4.79 Å². The Labute approximate surface area is 234 Å². The van der Waals surface area contributed by atoms with E-state index in [1.54, 1.807) is 0 Å². The Kier molecular flexibility index (Phi) is 7.49. The van der Waals surface area contributed by atoms with Crippen LogP contribution in [0.3, 0.4) is 0 Å². The van der Waals surface area contributed by atoms with Crippen molar-refractivity contribution in [3.05, 3.63) is 59.2 Å². The minimum atomic E-state index is -0.388. The Hall–Kier alpha value is -2.37. The van der Waals surface area contributed by atoms with Crippen molar-refractivity contribution >= 4 is 17.2 Å². The van der Waals surface area contributed by atoms with E-state index in [1.165, 1.54) is 34.5 Å². The number of anilines is 2. The SMILES string of the molecule is CC(C)c1cc([C@H]2CC2CC2COC3(CCN(c4ccccc4C(C)C)CC3)O2)ccc1N1CCC(=O)CC1. The first-order valence-electron chi connectivity index (χ1n) is 15.4. The summed E-state index contributed by atoms with van der Waals surface area (Å²) in [6, 6.07) is 16.0. The molecule has 1 saturated carbocycles. The molecule has 4 fully saturated rings. The summed E-state index contributed by atoms with van der Waals surface area (Å²) in [6.45, 7) is 13.5. The Morgan fingerprint density at radius 1 is 0.872 bits per heavy atom. The molecule has 39 heavy (non-hydrogen) atoms. The summed E-state index contributed by atoms with van der Waals surface area (Å²) in [5.41, 5.74) is 7.04.